The van der Waals surface area contributed by atoms with Gasteiger partial charge in [-0.1, -0.05) is 0 Å². The Bertz CT molecular complexity index is 232. The summed E-state index contributed by atoms with van der Waals surface area (Å²) in [6, 6.07) is -1.01. The van der Waals surface area contributed by atoms with E-state index in [1.807, 2.05) is 0 Å². The molecule has 0 aromatic heterocycles. The van der Waals surface area contributed by atoms with Gasteiger partial charge >= 0.3 is 12.0 Å². The topological polar surface area (TPSA) is 95.7 Å². The summed E-state index contributed by atoms with van der Waals surface area (Å²) in [7, 11) is 0. The number of carbonyl (C=O) groups is 2. The van der Waals surface area contributed by atoms with Crippen molar-refractivity contribution in [3.63, 3.8) is 0 Å². The minimum Gasteiger partial charge on any atom is -0.480 e. The molecule has 6 heteroatoms. The Morgan fingerprint density at radius 2 is 2.29 bits per heavy atom. The van der Waals surface area contributed by atoms with Gasteiger partial charge in [-0.05, 0) is 12.8 Å². The normalized spacial score (nSPS) is 20.9. The average Bonchev–Trinajstić information content (AvgIpc) is 2.62. The molecule has 0 aromatic rings. The van der Waals surface area contributed by atoms with E-state index in [1.165, 1.54) is 4.90 Å². The number of carboxylic acids is 1. The number of hydrogen-bond donors (Lipinski definition) is 3. The first-order valence-electron chi connectivity index (χ1n) is 4.64. The fourth-order valence-electron chi connectivity index (χ4n) is 1.55. The second-order valence-corrected chi connectivity index (χ2v) is 3.21. The number of nitrogens with two attached hydrogens (primary N) is 1. The maximum Gasteiger partial charge on any atom is 0.326 e. The zero-order valence-corrected chi connectivity index (χ0v) is 7.90. The van der Waals surface area contributed by atoms with Crippen LogP contribution in [0.5, 0.6) is 0 Å². The summed E-state index contributed by atoms with van der Waals surface area (Å²) in [5.41, 5.74) is 5.22. The summed E-state index contributed by atoms with van der Waals surface area (Å²) in [4.78, 5) is 23.5. The van der Waals surface area contributed by atoms with Crippen LogP contribution in [-0.2, 0) is 4.79 Å². The van der Waals surface area contributed by atoms with Gasteiger partial charge in [-0.15, -0.1) is 0 Å². The molecule has 1 aliphatic rings. The van der Waals surface area contributed by atoms with E-state index in [4.69, 9.17) is 10.8 Å². The minimum absolute atomic E-state index is 0.333. The molecule has 0 radical (unpaired) electrons. The first-order chi connectivity index (χ1) is 6.66. The van der Waals surface area contributed by atoms with Gasteiger partial charge in [-0.2, -0.15) is 0 Å². The SMILES string of the molecule is NCCNC(=O)N1CCC[C@H]1C(=O)O. The van der Waals surface area contributed by atoms with E-state index < -0.39 is 12.0 Å². The molecule has 80 valence electrons. The van der Waals surface area contributed by atoms with E-state index in [9.17, 15) is 9.59 Å². The van der Waals surface area contributed by atoms with Crippen molar-refractivity contribution in [1.82, 2.24) is 10.2 Å². The third-order valence-electron chi connectivity index (χ3n) is 2.22. The summed E-state index contributed by atoms with van der Waals surface area (Å²) in [5, 5.41) is 11.4. The Balaban J connectivity index is 2.49. The van der Waals surface area contributed by atoms with Gasteiger partial charge in [0.05, 0.1) is 0 Å². The molecule has 0 spiro atoms. The van der Waals surface area contributed by atoms with E-state index >= 15 is 0 Å². The number of hydrogen-bond acceptors (Lipinski definition) is 3. The van der Waals surface area contributed by atoms with Crippen LogP contribution in [0.3, 0.4) is 0 Å². The first kappa shape index (κ1) is 10.8. The van der Waals surface area contributed by atoms with Crippen LogP contribution in [0, 0.1) is 0 Å². The number of urea groups is 1. The molecule has 1 heterocycles. The van der Waals surface area contributed by atoms with Crippen LogP contribution in [-0.4, -0.2) is 47.7 Å². The van der Waals surface area contributed by atoms with Crippen LogP contribution in [0.1, 0.15) is 12.8 Å². The Labute approximate surface area is 82.1 Å². The van der Waals surface area contributed by atoms with E-state index in [-0.39, 0.29) is 6.03 Å². The lowest BCUT2D eigenvalue weighted by Crippen LogP contribution is -2.47. The first-order valence-corrected chi connectivity index (χ1v) is 4.64. The predicted octanol–water partition coefficient (Wildman–Crippen LogP) is -0.796. The summed E-state index contributed by atoms with van der Waals surface area (Å²) in [6.45, 7) is 1.24. The number of nitrogens with one attached hydrogen (secondary N) is 1. The van der Waals surface area contributed by atoms with Gasteiger partial charge in [0.25, 0.3) is 0 Å². The van der Waals surface area contributed by atoms with Crippen LogP contribution in [0.2, 0.25) is 0 Å². The molecule has 0 bridgehead atoms. The zero-order valence-electron chi connectivity index (χ0n) is 7.90. The number of nitrogens with zero attached hydrogens (tertiary/aromatic N) is 1. The third kappa shape index (κ3) is 2.35. The molecule has 14 heavy (non-hydrogen) atoms. The summed E-state index contributed by atoms with van der Waals surface area (Å²) in [6.07, 6.45) is 1.28. The molecule has 1 atom stereocenters. The van der Waals surface area contributed by atoms with E-state index in [1.54, 1.807) is 0 Å². The number of amides is 2. The molecular formula is C8H15N3O3. The van der Waals surface area contributed by atoms with Crippen molar-refractivity contribution >= 4 is 12.0 Å². The van der Waals surface area contributed by atoms with Crippen molar-refractivity contribution < 1.29 is 14.7 Å². The number of carbonyl (C=O) groups excluding carboxylic acids is 1. The fraction of sp³-hybridized carbons (Fsp3) is 0.750. The van der Waals surface area contributed by atoms with Gasteiger partial charge in [-0.25, -0.2) is 9.59 Å². The molecule has 4 N–H and O–H groups in total. The van der Waals surface area contributed by atoms with Crippen molar-refractivity contribution in [2.24, 2.45) is 5.73 Å². The van der Waals surface area contributed by atoms with Crippen molar-refractivity contribution in [2.45, 2.75) is 18.9 Å². The third-order valence-corrected chi connectivity index (χ3v) is 2.22. The van der Waals surface area contributed by atoms with Gasteiger partial charge in [0.2, 0.25) is 0 Å². The van der Waals surface area contributed by atoms with E-state index in [2.05, 4.69) is 5.32 Å². The van der Waals surface area contributed by atoms with E-state index in [0.29, 0.717) is 26.1 Å². The van der Waals surface area contributed by atoms with Crippen LogP contribution < -0.4 is 11.1 Å². The summed E-state index contributed by atoms with van der Waals surface area (Å²) in [5.74, 6) is -0.939. The predicted molar refractivity (Wildman–Crippen MR) is 49.8 cm³/mol. The van der Waals surface area contributed by atoms with Crippen LogP contribution in [0.4, 0.5) is 4.79 Å². The molecule has 0 aromatic carbocycles. The van der Waals surface area contributed by atoms with Crippen molar-refractivity contribution in [3.05, 3.63) is 0 Å². The number of carboxylic acid groups (broad SMARTS) is 1. The maximum absolute atomic E-state index is 11.4. The number of rotatable bonds is 3. The van der Waals surface area contributed by atoms with E-state index in [0.717, 1.165) is 6.42 Å². The summed E-state index contributed by atoms with van der Waals surface area (Å²) >= 11 is 0. The molecule has 0 saturated carbocycles. The molecule has 1 rings (SSSR count). The van der Waals surface area contributed by atoms with Gasteiger partial charge in [0.15, 0.2) is 0 Å². The molecule has 1 aliphatic heterocycles. The lowest BCUT2D eigenvalue weighted by atomic mass is 10.2. The molecule has 1 fully saturated rings. The zero-order chi connectivity index (χ0) is 10.6. The highest BCUT2D eigenvalue weighted by Gasteiger charge is 2.33. The number of aliphatic carboxylic acids is 1. The molecule has 2 amide bonds. The highest BCUT2D eigenvalue weighted by atomic mass is 16.4. The second-order valence-electron chi connectivity index (χ2n) is 3.21. The Morgan fingerprint density at radius 3 is 2.86 bits per heavy atom. The van der Waals surface area contributed by atoms with Crippen molar-refractivity contribution in [1.29, 1.82) is 0 Å². The van der Waals surface area contributed by atoms with Crippen molar-refractivity contribution in [2.75, 3.05) is 19.6 Å². The number of likely N-dealkylation sites (tertiary alicyclic amines) is 1. The van der Waals surface area contributed by atoms with Gasteiger partial charge in [-0.3, -0.25) is 0 Å². The van der Waals surface area contributed by atoms with Crippen LogP contribution in [0.25, 0.3) is 0 Å². The Morgan fingerprint density at radius 1 is 1.57 bits per heavy atom. The fourth-order valence-corrected chi connectivity index (χ4v) is 1.55. The Kier molecular flexibility index (Phi) is 3.70. The highest BCUT2D eigenvalue weighted by Crippen LogP contribution is 2.16. The monoisotopic (exact) mass is 201 g/mol. The molecule has 0 unspecified atom stereocenters. The van der Waals surface area contributed by atoms with Gasteiger partial charge in [0.1, 0.15) is 6.04 Å². The Hall–Kier alpha value is -1.30. The highest BCUT2D eigenvalue weighted by molar-refractivity contribution is 5.83. The van der Waals surface area contributed by atoms with Crippen molar-refractivity contribution in [3.8, 4) is 0 Å². The second kappa shape index (κ2) is 4.80. The largest absolute Gasteiger partial charge is 0.480 e. The van der Waals surface area contributed by atoms with Gasteiger partial charge in [0, 0.05) is 19.6 Å². The lowest BCUT2D eigenvalue weighted by molar-refractivity contribution is -0.141. The quantitative estimate of drug-likeness (QED) is 0.557. The lowest BCUT2D eigenvalue weighted by Gasteiger charge is -2.21. The maximum atomic E-state index is 11.4. The molecule has 1 saturated heterocycles. The van der Waals surface area contributed by atoms with Crippen LogP contribution in [0.15, 0.2) is 0 Å². The molecular weight excluding hydrogens is 186 g/mol. The summed E-state index contributed by atoms with van der Waals surface area (Å²) < 4.78 is 0. The smallest absolute Gasteiger partial charge is 0.326 e. The molecule has 6 nitrogen and oxygen atoms in total. The van der Waals surface area contributed by atoms with Gasteiger partial charge < -0.3 is 21.1 Å². The molecule has 0 aliphatic carbocycles. The standard InChI is InChI=1S/C8H15N3O3/c9-3-4-10-8(14)11-5-1-2-6(11)7(12)13/h6H,1-5,9H2,(H,10,14)(H,12,13)/t6-/m0/s1. The van der Waals surface area contributed by atoms with Crippen LogP contribution >= 0.6 is 0 Å². The minimum atomic E-state index is -0.939. The average molecular weight is 201 g/mol.